The second-order valence-electron chi connectivity index (χ2n) is 5.43. The average Bonchev–Trinajstić information content (AvgIpc) is 1.93. The normalized spacial score (nSPS) is 21.2. The molecule has 1 fully saturated rings. The van der Waals surface area contributed by atoms with Crippen LogP contribution in [0.15, 0.2) is 0 Å². The van der Waals surface area contributed by atoms with E-state index in [9.17, 15) is 0 Å². The van der Waals surface area contributed by atoms with Gasteiger partial charge in [0.05, 0.1) is 0 Å². The van der Waals surface area contributed by atoms with Gasteiger partial charge in [0, 0.05) is 11.1 Å². The van der Waals surface area contributed by atoms with Gasteiger partial charge in [0.25, 0.3) is 0 Å². The molecule has 3 N–H and O–H groups in total. The zero-order valence-corrected chi connectivity index (χ0v) is 9.32. The van der Waals surface area contributed by atoms with Crippen LogP contribution in [0.2, 0.25) is 0 Å². The Balaban J connectivity index is 2.01. The van der Waals surface area contributed by atoms with E-state index >= 15 is 0 Å². The van der Waals surface area contributed by atoms with Gasteiger partial charge in [0.1, 0.15) is 0 Å². The van der Waals surface area contributed by atoms with Crippen LogP contribution >= 0.6 is 0 Å². The van der Waals surface area contributed by atoms with E-state index in [1.165, 1.54) is 25.7 Å². The molecule has 0 radical (unpaired) electrons. The van der Waals surface area contributed by atoms with Crippen molar-refractivity contribution >= 4 is 0 Å². The maximum Gasteiger partial charge on any atom is 0.0153 e. The fourth-order valence-electron chi connectivity index (χ4n) is 1.82. The molecule has 0 amide bonds. The van der Waals surface area contributed by atoms with Crippen LogP contribution in [-0.2, 0) is 0 Å². The van der Waals surface area contributed by atoms with Gasteiger partial charge in [-0.3, -0.25) is 0 Å². The first-order valence-corrected chi connectivity index (χ1v) is 5.45. The molecule has 2 heteroatoms. The molecule has 1 rings (SSSR count). The smallest absolute Gasteiger partial charge is 0.0153 e. The average molecular weight is 184 g/mol. The Labute approximate surface area is 82.3 Å². The molecule has 0 heterocycles. The number of hydrogen-bond acceptors (Lipinski definition) is 2. The number of nitrogens with two attached hydrogens (primary N) is 1. The van der Waals surface area contributed by atoms with Crippen molar-refractivity contribution in [3.63, 3.8) is 0 Å². The van der Waals surface area contributed by atoms with Crippen LogP contribution in [0.5, 0.6) is 0 Å². The molecule has 0 atom stereocenters. The number of rotatable bonds is 5. The van der Waals surface area contributed by atoms with Crippen molar-refractivity contribution in [1.82, 2.24) is 5.32 Å². The quantitative estimate of drug-likeness (QED) is 0.642. The molecule has 0 unspecified atom stereocenters. The molecule has 78 valence electrons. The molecule has 0 saturated heterocycles. The molecule has 0 aromatic heterocycles. The third-order valence-corrected chi connectivity index (χ3v) is 3.01. The summed E-state index contributed by atoms with van der Waals surface area (Å²) in [4.78, 5) is 0. The zero-order chi connectivity index (χ0) is 9.95. The van der Waals surface area contributed by atoms with Crippen molar-refractivity contribution in [3.8, 4) is 0 Å². The molecule has 1 saturated carbocycles. The lowest BCUT2D eigenvalue weighted by atomic mass is 9.78. The van der Waals surface area contributed by atoms with E-state index in [1.54, 1.807) is 0 Å². The minimum atomic E-state index is 0.00218. The van der Waals surface area contributed by atoms with E-state index in [-0.39, 0.29) is 5.54 Å². The Morgan fingerprint density at radius 3 is 2.38 bits per heavy atom. The SMILES string of the molecule is CC(C)(N)CCCNC1(C)CCC1. The lowest BCUT2D eigenvalue weighted by molar-refractivity contribution is 0.206. The fourth-order valence-corrected chi connectivity index (χ4v) is 1.82. The highest BCUT2D eigenvalue weighted by atomic mass is 15.0. The molecule has 13 heavy (non-hydrogen) atoms. The summed E-state index contributed by atoms with van der Waals surface area (Å²) in [5.41, 5.74) is 6.36. The summed E-state index contributed by atoms with van der Waals surface area (Å²) in [6.07, 6.45) is 6.39. The van der Waals surface area contributed by atoms with Crippen molar-refractivity contribution in [1.29, 1.82) is 0 Å². The van der Waals surface area contributed by atoms with Gasteiger partial charge in [-0.25, -0.2) is 0 Å². The van der Waals surface area contributed by atoms with Crippen molar-refractivity contribution in [3.05, 3.63) is 0 Å². The predicted molar refractivity (Wildman–Crippen MR) is 57.8 cm³/mol. The number of hydrogen-bond donors (Lipinski definition) is 2. The first kappa shape index (κ1) is 11.0. The molecular weight excluding hydrogens is 160 g/mol. The van der Waals surface area contributed by atoms with E-state index in [1.807, 2.05) is 0 Å². The van der Waals surface area contributed by atoms with Crippen LogP contribution in [0.4, 0.5) is 0 Å². The lowest BCUT2D eigenvalue weighted by Gasteiger charge is -2.39. The second kappa shape index (κ2) is 3.97. The Morgan fingerprint density at radius 2 is 2.00 bits per heavy atom. The molecule has 0 aromatic carbocycles. The van der Waals surface area contributed by atoms with Crippen molar-refractivity contribution in [2.24, 2.45) is 5.73 Å². The Kier molecular flexibility index (Phi) is 3.36. The van der Waals surface area contributed by atoms with E-state index in [0.717, 1.165) is 13.0 Å². The minimum absolute atomic E-state index is 0.00218. The maximum absolute atomic E-state index is 5.90. The molecule has 1 aliphatic carbocycles. The van der Waals surface area contributed by atoms with Crippen molar-refractivity contribution in [2.45, 2.75) is 64.0 Å². The summed E-state index contributed by atoms with van der Waals surface area (Å²) in [7, 11) is 0. The molecule has 0 spiro atoms. The molecule has 0 aromatic rings. The summed E-state index contributed by atoms with van der Waals surface area (Å²) in [5.74, 6) is 0. The summed E-state index contributed by atoms with van der Waals surface area (Å²) in [6.45, 7) is 7.64. The van der Waals surface area contributed by atoms with E-state index in [0.29, 0.717) is 5.54 Å². The van der Waals surface area contributed by atoms with E-state index < -0.39 is 0 Å². The van der Waals surface area contributed by atoms with Gasteiger partial charge in [0.15, 0.2) is 0 Å². The van der Waals surface area contributed by atoms with Crippen LogP contribution in [0.3, 0.4) is 0 Å². The fraction of sp³-hybridized carbons (Fsp3) is 1.00. The first-order valence-electron chi connectivity index (χ1n) is 5.45. The van der Waals surface area contributed by atoms with Gasteiger partial charge >= 0.3 is 0 Å². The van der Waals surface area contributed by atoms with Crippen LogP contribution in [-0.4, -0.2) is 17.6 Å². The molecule has 2 nitrogen and oxygen atoms in total. The van der Waals surface area contributed by atoms with Crippen LogP contribution < -0.4 is 11.1 Å². The van der Waals surface area contributed by atoms with Gasteiger partial charge < -0.3 is 11.1 Å². The molecule has 1 aliphatic rings. The monoisotopic (exact) mass is 184 g/mol. The van der Waals surface area contributed by atoms with Crippen molar-refractivity contribution in [2.75, 3.05) is 6.54 Å². The first-order chi connectivity index (χ1) is 5.91. The summed E-state index contributed by atoms with van der Waals surface area (Å²) in [5, 5.41) is 3.61. The van der Waals surface area contributed by atoms with Gasteiger partial charge in [-0.05, 0) is 59.4 Å². The highest BCUT2D eigenvalue weighted by molar-refractivity contribution is 4.91. The Bertz CT molecular complexity index is 154. The maximum atomic E-state index is 5.90. The zero-order valence-electron chi connectivity index (χ0n) is 9.32. The van der Waals surface area contributed by atoms with Crippen molar-refractivity contribution < 1.29 is 0 Å². The standard InChI is InChI=1S/C11H24N2/c1-10(2,12)6-5-9-13-11(3)7-4-8-11/h13H,4-9,12H2,1-3H3. The lowest BCUT2D eigenvalue weighted by Crippen LogP contribution is -2.48. The van der Waals surface area contributed by atoms with E-state index in [2.05, 4.69) is 26.1 Å². The Hall–Kier alpha value is -0.0800. The van der Waals surface area contributed by atoms with Crippen LogP contribution in [0.1, 0.15) is 52.9 Å². The third-order valence-electron chi connectivity index (χ3n) is 3.01. The molecular formula is C11H24N2. The van der Waals surface area contributed by atoms with Crippen LogP contribution in [0.25, 0.3) is 0 Å². The summed E-state index contributed by atoms with van der Waals surface area (Å²) in [6, 6.07) is 0. The molecule has 0 bridgehead atoms. The highest BCUT2D eigenvalue weighted by Crippen LogP contribution is 2.30. The summed E-state index contributed by atoms with van der Waals surface area (Å²) < 4.78 is 0. The molecule has 0 aliphatic heterocycles. The van der Waals surface area contributed by atoms with Gasteiger partial charge in [-0.1, -0.05) is 0 Å². The van der Waals surface area contributed by atoms with Gasteiger partial charge in [-0.15, -0.1) is 0 Å². The highest BCUT2D eigenvalue weighted by Gasteiger charge is 2.30. The Morgan fingerprint density at radius 1 is 1.38 bits per heavy atom. The third kappa shape index (κ3) is 4.10. The van der Waals surface area contributed by atoms with Crippen LogP contribution in [0, 0.1) is 0 Å². The predicted octanol–water partition coefficient (Wildman–Crippen LogP) is 2.04. The largest absolute Gasteiger partial charge is 0.326 e. The van der Waals surface area contributed by atoms with Gasteiger partial charge in [0.2, 0.25) is 0 Å². The number of nitrogens with one attached hydrogen (secondary N) is 1. The van der Waals surface area contributed by atoms with E-state index in [4.69, 9.17) is 5.73 Å². The van der Waals surface area contributed by atoms with Gasteiger partial charge in [-0.2, -0.15) is 0 Å². The second-order valence-corrected chi connectivity index (χ2v) is 5.43. The topological polar surface area (TPSA) is 38.0 Å². The summed E-state index contributed by atoms with van der Waals surface area (Å²) >= 11 is 0. The minimum Gasteiger partial charge on any atom is -0.326 e.